The lowest BCUT2D eigenvalue weighted by atomic mass is 10.1. The van der Waals surface area contributed by atoms with Crippen molar-refractivity contribution in [2.75, 3.05) is 0 Å². The minimum Gasteiger partial charge on any atom is -0.481 e. The monoisotopic (exact) mass is 302 g/mol. The van der Waals surface area contributed by atoms with Crippen LogP contribution in [-0.2, 0) is 4.79 Å². The molecular formula is C10H18AlCl3O2. The Morgan fingerprint density at radius 2 is 1.56 bits per heavy atom. The zero-order chi connectivity index (χ0) is 12.8. The summed E-state index contributed by atoms with van der Waals surface area (Å²) in [4.78, 5) is 10.1. The predicted molar refractivity (Wildman–Crippen MR) is 73.5 cm³/mol. The van der Waals surface area contributed by atoms with E-state index < -0.39 is 17.4 Å². The molecule has 0 bridgehead atoms. The van der Waals surface area contributed by atoms with Gasteiger partial charge in [-0.15, -0.1) is 6.58 Å². The van der Waals surface area contributed by atoms with Gasteiger partial charge in [0, 0.05) is 6.42 Å². The highest BCUT2D eigenvalue weighted by molar-refractivity contribution is 7.54. The van der Waals surface area contributed by atoms with Crippen molar-refractivity contribution in [3.8, 4) is 0 Å². The van der Waals surface area contributed by atoms with E-state index >= 15 is 0 Å². The minimum atomic E-state index is -1.72. The van der Waals surface area contributed by atoms with Gasteiger partial charge in [-0.2, -0.15) is 0 Å². The fourth-order valence-corrected chi connectivity index (χ4v) is 1.10. The van der Waals surface area contributed by atoms with Crippen LogP contribution in [0.15, 0.2) is 12.7 Å². The summed E-state index contributed by atoms with van der Waals surface area (Å²) in [5.41, 5.74) is 0. The first-order chi connectivity index (χ1) is 7.50. The molecule has 0 spiro atoms. The summed E-state index contributed by atoms with van der Waals surface area (Å²) in [5.74, 6) is -0.680. The molecule has 0 aliphatic carbocycles. The Morgan fingerprint density at radius 1 is 1.12 bits per heavy atom. The molecule has 0 saturated heterocycles. The molecule has 0 aromatic rings. The van der Waals surface area contributed by atoms with Crippen molar-refractivity contribution in [3.63, 3.8) is 0 Å². The van der Waals surface area contributed by atoms with Crippen LogP contribution in [0.1, 0.15) is 44.9 Å². The zero-order valence-corrected chi connectivity index (χ0v) is 12.7. The average Bonchev–Trinajstić information content (AvgIpc) is 2.15. The van der Waals surface area contributed by atoms with Crippen molar-refractivity contribution < 1.29 is 9.90 Å². The topological polar surface area (TPSA) is 37.3 Å². The van der Waals surface area contributed by atoms with Gasteiger partial charge < -0.3 is 5.11 Å². The Morgan fingerprint density at radius 3 is 2.00 bits per heavy atom. The lowest BCUT2D eigenvalue weighted by Crippen LogP contribution is -1.93. The quantitative estimate of drug-likeness (QED) is 0.402. The van der Waals surface area contributed by atoms with Crippen LogP contribution >= 0.6 is 30.1 Å². The van der Waals surface area contributed by atoms with Crippen LogP contribution in [0.5, 0.6) is 0 Å². The van der Waals surface area contributed by atoms with Crippen molar-refractivity contribution in [3.05, 3.63) is 12.7 Å². The molecule has 0 radical (unpaired) electrons. The summed E-state index contributed by atoms with van der Waals surface area (Å²) in [7, 11) is 14.8. The van der Waals surface area contributed by atoms with Gasteiger partial charge in [0.05, 0.1) is 0 Å². The van der Waals surface area contributed by atoms with Crippen molar-refractivity contribution >= 4 is 47.5 Å². The van der Waals surface area contributed by atoms with E-state index in [1.807, 2.05) is 6.08 Å². The van der Waals surface area contributed by atoms with Crippen molar-refractivity contribution in [1.29, 1.82) is 0 Å². The maximum absolute atomic E-state index is 10.1. The Labute approximate surface area is 115 Å². The molecule has 0 saturated carbocycles. The van der Waals surface area contributed by atoms with E-state index in [9.17, 15) is 4.79 Å². The molecule has 6 heteroatoms. The highest BCUT2D eigenvalue weighted by atomic mass is 35.8. The van der Waals surface area contributed by atoms with Crippen LogP contribution in [0.25, 0.3) is 0 Å². The number of unbranched alkanes of at least 4 members (excludes halogenated alkanes) is 5. The number of hydrogen-bond donors (Lipinski definition) is 1. The largest absolute Gasteiger partial charge is 0.643 e. The first kappa shape index (κ1) is 19.0. The smallest absolute Gasteiger partial charge is 0.481 e. The Hall–Kier alpha value is 0.612. The number of aliphatic carboxylic acids is 1. The third-order valence-corrected chi connectivity index (χ3v) is 1.80. The second kappa shape index (κ2) is 15.6. The number of hydrogen-bond acceptors (Lipinski definition) is 1. The number of carboxylic acid groups (broad SMARTS) is 1. The number of carbonyl (C=O) groups is 1. The van der Waals surface area contributed by atoms with Gasteiger partial charge in [0.1, 0.15) is 0 Å². The van der Waals surface area contributed by atoms with E-state index in [0.29, 0.717) is 6.42 Å². The van der Waals surface area contributed by atoms with Crippen LogP contribution in [0.2, 0.25) is 0 Å². The summed E-state index contributed by atoms with van der Waals surface area (Å²) >= 11 is -1.72. The van der Waals surface area contributed by atoms with Crippen LogP contribution in [0.3, 0.4) is 0 Å². The lowest BCUT2D eigenvalue weighted by molar-refractivity contribution is -0.137. The molecule has 0 unspecified atom stereocenters. The SMILES string of the molecule is C=CCCCCCCCC(=O)O.[Cl][Al]([Cl])[Cl]. The summed E-state index contributed by atoms with van der Waals surface area (Å²) in [6.45, 7) is 3.64. The molecular weight excluding hydrogens is 285 g/mol. The van der Waals surface area contributed by atoms with E-state index in [-0.39, 0.29) is 0 Å². The predicted octanol–water partition coefficient (Wildman–Crippen LogP) is 4.68. The van der Waals surface area contributed by atoms with Gasteiger partial charge in [0.25, 0.3) is 0 Å². The van der Waals surface area contributed by atoms with Gasteiger partial charge in [-0.1, -0.05) is 25.3 Å². The highest BCUT2D eigenvalue weighted by Gasteiger charge is 2.00. The maximum Gasteiger partial charge on any atom is 0.643 e. The lowest BCUT2D eigenvalue weighted by Gasteiger charge is -1.97. The van der Waals surface area contributed by atoms with E-state index in [1.165, 1.54) is 12.8 Å². The third-order valence-electron chi connectivity index (χ3n) is 1.80. The van der Waals surface area contributed by atoms with Gasteiger partial charge in [0.15, 0.2) is 0 Å². The Bertz CT molecular complexity index is 175. The van der Waals surface area contributed by atoms with Gasteiger partial charge in [-0.3, -0.25) is 4.79 Å². The van der Waals surface area contributed by atoms with Gasteiger partial charge in [0.2, 0.25) is 0 Å². The van der Waals surface area contributed by atoms with Gasteiger partial charge in [-0.05, 0) is 19.3 Å². The zero-order valence-electron chi connectivity index (χ0n) is 9.30. The number of rotatable bonds is 8. The molecule has 0 aromatic heterocycles. The molecule has 1 N–H and O–H groups in total. The Balaban J connectivity index is 0. The number of carboxylic acids is 1. The van der Waals surface area contributed by atoms with Crippen molar-refractivity contribution in [1.82, 2.24) is 0 Å². The molecule has 2 nitrogen and oxygen atoms in total. The summed E-state index contributed by atoms with van der Waals surface area (Å²) in [5, 5.41) is 8.34. The first-order valence-corrected chi connectivity index (χ1v) is 10.5. The molecule has 0 aliphatic rings. The van der Waals surface area contributed by atoms with Crippen LogP contribution in [0.4, 0.5) is 0 Å². The van der Waals surface area contributed by atoms with E-state index in [4.69, 9.17) is 35.3 Å². The molecule has 0 heterocycles. The molecule has 0 rings (SSSR count). The third kappa shape index (κ3) is 29.3. The van der Waals surface area contributed by atoms with Crippen molar-refractivity contribution in [2.45, 2.75) is 44.9 Å². The molecule has 16 heavy (non-hydrogen) atoms. The van der Waals surface area contributed by atoms with Crippen LogP contribution < -0.4 is 0 Å². The van der Waals surface area contributed by atoms with Crippen LogP contribution in [0, 0.1) is 0 Å². The van der Waals surface area contributed by atoms with Crippen molar-refractivity contribution in [2.24, 2.45) is 0 Å². The molecule has 0 fully saturated rings. The maximum atomic E-state index is 10.1. The Kier molecular flexibility index (Phi) is 18.5. The van der Waals surface area contributed by atoms with E-state index in [0.717, 1.165) is 25.7 Å². The summed E-state index contributed by atoms with van der Waals surface area (Å²) < 4.78 is 0. The average molecular weight is 304 g/mol. The standard InChI is InChI=1S/C10H18O2.Al.3ClH/c1-2-3-4-5-6-7-8-9-10(11)12;;;;/h2H,1,3-9H2,(H,11,12);;3*1H/q;+3;;;/p-3. The molecule has 0 aromatic carbocycles. The second-order valence-corrected chi connectivity index (χ2v) is 9.67. The van der Waals surface area contributed by atoms with E-state index in [1.54, 1.807) is 0 Å². The highest BCUT2D eigenvalue weighted by Crippen LogP contribution is 2.06. The van der Waals surface area contributed by atoms with Crippen LogP contribution in [-0.4, -0.2) is 22.5 Å². The normalized spacial score (nSPS) is 8.94. The molecule has 0 amide bonds. The molecule has 94 valence electrons. The fourth-order valence-electron chi connectivity index (χ4n) is 1.10. The first-order valence-electron chi connectivity index (χ1n) is 5.25. The van der Waals surface area contributed by atoms with Gasteiger partial charge in [-0.25, -0.2) is 30.1 Å². The second-order valence-electron chi connectivity index (χ2n) is 3.24. The number of allylic oxidation sites excluding steroid dienone is 1. The fraction of sp³-hybridized carbons (Fsp3) is 0.700. The van der Waals surface area contributed by atoms with E-state index in [2.05, 4.69) is 6.58 Å². The molecule has 0 aliphatic heterocycles. The van der Waals surface area contributed by atoms with Gasteiger partial charge >= 0.3 is 17.4 Å². The molecule has 0 atom stereocenters. The minimum absolute atomic E-state index is 0.321. The summed E-state index contributed by atoms with van der Waals surface area (Å²) in [6, 6.07) is 0. The summed E-state index contributed by atoms with van der Waals surface area (Å²) in [6.07, 6.45) is 8.74. The number of halogens is 3.